The van der Waals surface area contributed by atoms with Crippen molar-refractivity contribution < 1.29 is 9.53 Å². The lowest BCUT2D eigenvalue weighted by molar-refractivity contribution is -0.158. The molecule has 1 fully saturated rings. The normalized spacial score (nSPS) is 18.0. The first-order valence-electron chi connectivity index (χ1n) is 8.31. The van der Waals surface area contributed by atoms with Crippen LogP contribution in [-0.4, -0.2) is 54.4 Å². The van der Waals surface area contributed by atoms with Crippen molar-refractivity contribution in [1.29, 1.82) is 0 Å². The summed E-state index contributed by atoms with van der Waals surface area (Å²) in [6.45, 7) is 8.81. The van der Waals surface area contributed by atoms with Gasteiger partial charge in [0.2, 0.25) is 5.91 Å². The lowest BCUT2D eigenvalue weighted by Crippen LogP contribution is -2.52. The highest BCUT2D eigenvalue weighted by molar-refractivity contribution is 5.91. The van der Waals surface area contributed by atoms with E-state index in [1.165, 1.54) is 0 Å². The van der Waals surface area contributed by atoms with Gasteiger partial charge in [0.1, 0.15) is 0 Å². The number of hydrazine groups is 2. The summed E-state index contributed by atoms with van der Waals surface area (Å²) in [5.74, 6) is -0.426. The molecule has 0 atom stereocenters. The van der Waals surface area contributed by atoms with E-state index < -0.39 is 5.91 Å². The quantitative estimate of drug-likeness (QED) is 0.419. The highest BCUT2D eigenvalue weighted by Crippen LogP contribution is 2.14. The second-order valence-corrected chi connectivity index (χ2v) is 5.61. The van der Waals surface area contributed by atoms with E-state index in [-0.39, 0.29) is 0 Å². The third kappa shape index (κ3) is 6.70. The molecule has 2 N–H and O–H groups in total. The van der Waals surface area contributed by atoms with Gasteiger partial charge in [0.25, 0.3) is 0 Å². The second-order valence-electron chi connectivity index (χ2n) is 5.61. The van der Waals surface area contributed by atoms with Gasteiger partial charge in [-0.15, -0.1) is 0 Å². The number of hydrogen-bond donors (Lipinski definition) is 1. The lowest BCUT2D eigenvalue weighted by atomic mass is 10.3. The Bertz CT molecular complexity index is 517. The van der Waals surface area contributed by atoms with Crippen molar-refractivity contribution in [3.63, 3.8) is 0 Å². The molecule has 134 valence electrons. The fourth-order valence-electron chi connectivity index (χ4n) is 2.19. The number of morpholine rings is 1. The van der Waals surface area contributed by atoms with Crippen molar-refractivity contribution in [1.82, 2.24) is 15.1 Å². The predicted octanol–water partition coefficient (Wildman–Crippen LogP) is 2.20. The maximum Gasteiger partial charge on any atom is 0.245 e. The molecular weight excluding hydrogens is 304 g/mol. The third-order valence-electron chi connectivity index (χ3n) is 3.71. The van der Waals surface area contributed by atoms with Gasteiger partial charge in [0.15, 0.2) is 0 Å². The number of allylic oxidation sites excluding steroid dienone is 6. The van der Waals surface area contributed by atoms with E-state index in [9.17, 15) is 4.79 Å². The van der Waals surface area contributed by atoms with Crippen LogP contribution in [0.15, 0.2) is 47.9 Å². The van der Waals surface area contributed by atoms with E-state index in [4.69, 9.17) is 10.5 Å². The summed E-state index contributed by atoms with van der Waals surface area (Å²) in [6, 6.07) is 0. The largest absolute Gasteiger partial charge is 0.379 e. The summed E-state index contributed by atoms with van der Waals surface area (Å²) >= 11 is 0. The second kappa shape index (κ2) is 10.8. The number of ether oxygens (including phenoxy) is 1. The van der Waals surface area contributed by atoms with Crippen molar-refractivity contribution in [2.75, 3.05) is 33.4 Å². The minimum Gasteiger partial charge on any atom is -0.379 e. The summed E-state index contributed by atoms with van der Waals surface area (Å²) in [7, 11) is 1.97. The van der Waals surface area contributed by atoms with E-state index in [2.05, 4.69) is 18.0 Å². The van der Waals surface area contributed by atoms with E-state index >= 15 is 0 Å². The number of carbonyl (C=O) groups is 1. The van der Waals surface area contributed by atoms with Gasteiger partial charge < -0.3 is 10.5 Å². The van der Waals surface area contributed by atoms with Crippen LogP contribution in [0.25, 0.3) is 0 Å². The Morgan fingerprint density at radius 3 is 2.46 bits per heavy atom. The van der Waals surface area contributed by atoms with Crippen molar-refractivity contribution in [3.05, 3.63) is 47.9 Å². The Morgan fingerprint density at radius 2 is 1.88 bits per heavy atom. The molecule has 0 aromatic carbocycles. The summed E-state index contributed by atoms with van der Waals surface area (Å²) in [5, 5.41) is 6.10. The maximum atomic E-state index is 11.4. The molecule has 1 rings (SSSR count). The summed E-state index contributed by atoms with van der Waals surface area (Å²) in [5.41, 5.74) is 6.86. The van der Waals surface area contributed by atoms with Crippen molar-refractivity contribution in [2.24, 2.45) is 5.73 Å². The van der Waals surface area contributed by atoms with Crippen LogP contribution >= 0.6 is 0 Å². The minimum absolute atomic E-state index is 0.426. The summed E-state index contributed by atoms with van der Waals surface area (Å²) < 4.78 is 5.40. The zero-order valence-corrected chi connectivity index (χ0v) is 15.2. The molecule has 0 spiro atoms. The van der Waals surface area contributed by atoms with Crippen LogP contribution in [0.3, 0.4) is 0 Å². The average Bonchev–Trinajstić information content (AvgIpc) is 2.59. The van der Waals surface area contributed by atoms with Crippen LogP contribution in [0.1, 0.15) is 27.2 Å². The van der Waals surface area contributed by atoms with E-state index in [0.717, 1.165) is 25.2 Å². The third-order valence-corrected chi connectivity index (χ3v) is 3.71. The van der Waals surface area contributed by atoms with Crippen LogP contribution in [0.5, 0.6) is 0 Å². The molecule has 1 aliphatic rings. The van der Waals surface area contributed by atoms with Gasteiger partial charge in [-0.2, -0.15) is 5.12 Å². The molecule has 0 bridgehead atoms. The Morgan fingerprint density at radius 1 is 1.21 bits per heavy atom. The SMILES string of the molecule is CC/C=C/C=C\C=C(/C)N(/C=C(\C)C(N)=O)N(C)N1CCOCC1. The molecule has 0 aliphatic carbocycles. The molecule has 6 nitrogen and oxygen atoms in total. The zero-order chi connectivity index (χ0) is 17.9. The van der Waals surface area contributed by atoms with Gasteiger partial charge in [0.05, 0.1) is 13.2 Å². The number of amides is 1. The molecular formula is C18H30N4O2. The van der Waals surface area contributed by atoms with Crippen molar-refractivity contribution in [3.8, 4) is 0 Å². The van der Waals surface area contributed by atoms with Crippen molar-refractivity contribution in [2.45, 2.75) is 27.2 Å². The van der Waals surface area contributed by atoms with Gasteiger partial charge >= 0.3 is 0 Å². The monoisotopic (exact) mass is 334 g/mol. The van der Waals surface area contributed by atoms with Gasteiger partial charge in [0, 0.05) is 37.6 Å². The molecule has 1 saturated heterocycles. The first-order chi connectivity index (χ1) is 11.5. The fourth-order valence-corrected chi connectivity index (χ4v) is 2.19. The highest BCUT2D eigenvalue weighted by atomic mass is 16.5. The van der Waals surface area contributed by atoms with Crippen LogP contribution < -0.4 is 5.73 Å². The number of nitrogens with two attached hydrogens (primary N) is 1. The van der Waals surface area contributed by atoms with Crippen LogP contribution in [0.2, 0.25) is 0 Å². The number of carbonyl (C=O) groups excluding carboxylic acids is 1. The molecule has 0 aromatic rings. The van der Waals surface area contributed by atoms with E-state index in [1.54, 1.807) is 13.1 Å². The minimum atomic E-state index is -0.426. The molecule has 0 aromatic heterocycles. The van der Waals surface area contributed by atoms with Crippen molar-refractivity contribution >= 4 is 5.91 Å². The first kappa shape index (κ1) is 20.2. The summed E-state index contributed by atoms with van der Waals surface area (Å²) in [4.78, 5) is 11.4. The highest BCUT2D eigenvalue weighted by Gasteiger charge is 2.20. The predicted molar refractivity (Wildman–Crippen MR) is 97.3 cm³/mol. The van der Waals surface area contributed by atoms with Gasteiger partial charge in [-0.05, 0) is 26.3 Å². The number of hydrogen-bond acceptors (Lipinski definition) is 5. The number of primary amides is 1. The van der Waals surface area contributed by atoms with Gasteiger partial charge in [-0.3, -0.25) is 9.80 Å². The van der Waals surface area contributed by atoms with Gasteiger partial charge in [-0.1, -0.05) is 31.2 Å². The standard InChI is InChI=1S/C18H30N4O2/c1-5-6-7-8-9-10-17(3)22(15-16(2)18(19)23)20(4)21-11-13-24-14-12-21/h6-10,15H,5,11-14H2,1-4H3,(H2,19,23)/b7-6+,9-8-,16-15+,17-10+. The molecule has 0 unspecified atom stereocenters. The fraction of sp³-hybridized carbons (Fsp3) is 0.500. The Balaban J connectivity index is 2.96. The smallest absolute Gasteiger partial charge is 0.245 e. The molecule has 1 heterocycles. The molecule has 1 aliphatic heterocycles. The topological polar surface area (TPSA) is 62.0 Å². The Kier molecular flexibility index (Phi) is 9.07. The number of rotatable bonds is 8. The number of nitrogens with zero attached hydrogens (tertiary/aromatic N) is 3. The zero-order valence-electron chi connectivity index (χ0n) is 15.2. The van der Waals surface area contributed by atoms with Crippen LogP contribution in [0, 0.1) is 0 Å². The molecule has 1 amide bonds. The molecule has 24 heavy (non-hydrogen) atoms. The van der Waals surface area contributed by atoms with E-state index in [1.807, 2.05) is 48.4 Å². The Labute approximate surface area is 145 Å². The molecule has 6 heteroatoms. The molecule has 0 saturated carbocycles. The average molecular weight is 334 g/mol. The Hall–Kier alpha value is -1.89. The molecule has 0 radical (unpaired) electrons. The van der Waals surface area contributed by atoms with Gasteiger partial charge in [-0.25, -0.2) is 5.01 Å². The van der Waals surface area contributed by atoms with E-state index in [0.29, 0.717) is 18.8 Å². The van der Waals surface area contributed by atoms with Crippen LogP contribution in [-0.2, 0) is 9.53 Å². The lowest BCUT2D eigenvalue weighted by Gasteiger charge is -2.41. The van der Waals surface area contributed by atoms with Crippen LogP contribution in [0.4, 0.5) is 0 Å². The maximum absolute atomic E-state index is 11.4. The first-order valence-corrected chi connectivity index (χ1v) is 8.31. The summed E-state index contributed by atoms with van der Waals surface area (Å²) in [6.07, 6.45) is 12.9.